The van der Waals surface area contributed by atoms with E-state index in [1.165, 1.54) is 24.1 Å². The van der Waals surface area contributed by atoms with Gasteiger partial charge in [-0.05, 0) is 56.7 Å². The number of hydrogen-bond donors (Lipinski definition) is 2. The second-order valence-corrected chi connectivity index (χ2v) is 7.70. The highest BCUT2D eigenvalue weighted by atomic mass is 35.5. The number of halogens is 1. The van der Waals surface area contributed by atoms with E-state index in [9.17, 15) is 0 Å². The Kier molecular flexibility index (Phi) is 7.03. The lowest BCUT2D eigenvalue weighted by molar-refractivity contribution is 0.114. The Morgan fingerprint density at radius 1 is 1.35 bits per heavy atom. The molecule has 0 bridgehead atoms. The normalized spacial score (nSPS) is 23.5. The molecule has 2 saturated heterocycles. The highest BCUT2D eigenvalue weighted by Crippen LogP contribution is 2.29. The molecule has 1 aromatic carbocycles. The van der Waals surface area contributed by atoms with Crippen molar-refractivity contribution in [3.63, 3.8) is 0 Å². The van der Waals surface area contributed by atoms with E-state index < -0.39 is 0 Å². The Hall–Kier alpha value is -1.46. The highest BCUT2D eigenvalue weighted by molar-refractivity contribution is 6.30. The molecule has 0 aliphatic carbocycles. The van der Waals surface area contributed by atoms with Crippen molar-refractivity contribution in [2.24, 2.45) is 10.9 Å². The molecule has 0 saturated carbocycles. The van der Waals surface area contributed by atoms with Crippen molar-refractivity contribution in [2.45, 2.75) is 39.2 Å². The van der Waals surface area contributed by atoms with Gasteiger partial charge in [0, 0.05) is 50.0 Å². The molecule has 5 nitrogen and oxygen atoms in total. The number of rotatable bonds is 6. The van der Waals surface area contributed by atoms with Crippen molar-refractivity contribution in [1.29, 1.82) is 0 Å². The minimum absolute atomic E-state index is 0.326. The maximum absolute atomic E-state index is 6.18. The van der Waals surface area contributed by atoms with E-state index in [0.717, 1.165) is 56.7 Å². The number of anilines is 1. The zero-order valence-corrected chi connectivity index (χ0v) is 16.7. The zero-order chi connectivity index (χ0) is 18.4. The summed E-state index contributed by atoms with van der Waals surface area (Å²) in [6.07, 6.45) is 3.80. The molecule has 0 spiro atoms. The van der Waals surface area contributed by atoms with Gasteiger partial charge in [0.05, 0.1) is 6.10 Å². The van der Waals surface area contributed by atoms with Crippen molar-refractivity contribution in [3.8, 4) is 0 Å². The van der Waals surface area contributed by atoms with E-state index in [4.69, 9.17) is 21.3 Å². The fraction of sp³-hybridized carbons (Fsp3) is 0.650. The SMILES string of the molecule is CCNC(=NCC1CCN(c2cc(Cl)ccc2C)C1)NCC1CCCO1. The Labute approximate surface area is 162 Å². The summed E-state index contributed by atoms with van der Waals surface area (Å²) in [6, 6.07) is 6.14. The van der Waals surface area contributed by atoms with E-state index in [0.29, 0.717) is 12.0 Å². The predicted octanol–water partition coefficient (Wildman–Crippen LogP) is 3.21. The monoisotopic (exact) mass is 378 g/mol. The van der Waals surface area contributed by atoms with Gasteiger partial charge in [-0.1, -0.05) is 17.7 Å². The third-order valence-corrected chi connectivity index (χ3v) is 5.41. The van der Waals surface area contributed by atoms with Gasteiger partial charge in [-0.3, -0.25) is 4.99 Å². The number of nitrogens with one attached hydrogen (secondary N) is 2. The van der Waals surface area contributed by atoms with Crippen LogP contribution in [0.4, 0.5) is 5.69 Å². The molecule has 2 fully saturated rings. The van der Waals surface area contributed by atoms with Crippen molar-refractivity contribution < 1.29 is 4.74 Å². The number of benzene rings is 1. The lowest BCUT2D eigenvalue weighted by Gasteiger charge is -2.21. The molecule has 3 rings (SSSR count). The van der Waals surface area contributed by atoms with Gasteiger partial charge in [0.25, 0.3) is 0 Å². The summed E-state index contributed by atoms with van der Waals surface area (Å²) < 4.78 is 5.68. The second kappa shape index (κ2) is 9.47. The van der Waals surface area contributed by atoms with E-state index in [2.05, 4.69) is 41.5 Å². The Balaban J connectivity index is 1.52. The summed E-state index contributed by atoms with van der Waals surface area (Å²) in [4.78, 5) is 7.25. The summed E-state index contributed by atoms with van der Waals surface area (Å²) in [5.74, 6) is 1.48. The van der Waals surface area contributed by atoms with Crippen LogP contribution in [0.15, 0.2) is 23.2 Å². The first-order chi connectivity index (χ1) is 12.7. The molecule has 2 aliphatic heterocycles. The number of guanidine groups is 1. The summed E-state index contributed by atoms with van der Waals surface area (Å²) in [7, 11) is 0. The molecule has 2 unspecified atom stereocenters. The number of ether oxygens (including phenoxy) is 1. The lowest BCUT2D eigenvalue weighted by atomic mass is 10.1. The third kappa shape index (κ3) is 5.27. The summed E-state index contributed by atoms with van der Waals surface area (Å²) in [6.45, 7) is 9.80. The summed E-state index contributed by atoms with van der Waals surface area (Å²) in [5, 5.41) is 7.58. The van der Waals surface area contributed by atoms with Crippen LogP contribution in [0.3, 0.4) is 0 Å². The lowest BCUT2D eigenvalue weighted by Crippen LogP contribution is -2.41. The van der Waals surface area contributed by atoms with Crippen LogP contribution in [0.25, 0.3) is 0 Å². The van der Waals surface area contributed by atoms with Crippen LogP contribution in [0, 0.1) is 12.8 Å². The highest BCUT2D eigenvalue weighted by Gasteiger charge is 2.24. The van der Waals surface area contributed by atoms with Crippen LogP contribution < -0.4 is 15.5 Å². The van der Waals surface area contributed by atoms with Crippen LogP contribution in [-0.2, 0) is 4.74 Å². The molecule has 26 heavy (non-hydrogen) atoms. The maximum Gasteiger partial charge on any atom is 0.191 e. The van der Waals surface area contributed by atoms with Gasteiger partial charge in [-0.25, -0.2) is 0 Å². The second-order valence-electron chi connectivity index (χ2n) is 7.27. The van der Waals surface area contributed by atoms with Gasteiger partial charge >= 0.3 is 0 Å². The molecule has 0 aromatic heterocycles. The first-order valence-electron chi connectivity index (χ1n) is 9.80. The molecule has 144 valence electrons. The minimum Gasteiger partial charge on any atom is -0.376 e. The van der Waals surface area contributed by atoms with Gasteiger partial charge in [0.15, 0.2) is 5.96 Å². The topological polar surface area (TPSA) is 48.9 Å². The average Bonchev–Trinajstić information content (AvgIpc) is 3.31. The third-order valence-electron chi connectivity index (χ3n) is 5.17. The largest absolute Gasteiger partial charge is 0.376 e. The smallest absolute Gasteiger partial charge is 0.191 e. The van der Waals surface area contributed by atoms with Crippen LogP contribution in [0.2, 0.25) is 5.02 Å². The molecule has 0 amide bonds. The van der Waals surface area contributed by atoms with Crippen molar-refractivity contribution >= 4 is 23.2 Å². The molecule has 1 aromatic rings. The number of aliphatic imine (C=N–C) groups is 1. The molecular formula is C20H31ClN4O. The van der Waals surface area contributed by atoms with Crippen LogP contribution in [0.1, 0.15) is 31.7 Å². The van der Waals surface area contributed by atoms with Crippen LogP contribution >= 0.6 is 11.6 Å². The molecule has 6 heteroatoms. The standard InChI is InChI=1S/C20H31ClN4O/c1-3-22-20(24-13-18-5-4-10-26-18)23-12-16-8-9-25(14-16)19-11-17(21)7-6-15(19)2/h6-7,11,16,18H,3-5,8-10,12-14H2,1-2H3,(H2,22,23,24). The van der Waals surface area contributed by atoms with Crippen molar-refractivity contribution in [2.75, 3.05) is 44.2 Å². The van der Waals surface area contributed by atoms with E-state index in [-0.39, 0.29) is 0 Å². The predicted molar refractivity (Wildman–Crippen MR) is 109 cm³/mol. The molecule has 2 aliphatic rings. The van der Waals surface area contributed by atoms with Crippen molar-refractivity contribution in [1.82, 2.24) is 10.6 Å². The zero-order valence-electron chi connectivity index (χ0n) is 15.9. The Bertz CT molecular complexity index is 616. The van der Waals surface area contributed by atoms with Gasteiger partial charge in [0.1, 0.15) is 0 Å². The van der Waals surface area contributed by atoms with Crippen molar-refractivity contribution in [3.05, 3.63) is 28.8 Å². The quantitative estimate of drug-likeness (QED) is 0.589. The molecule has 2 heterocycles. The molecule has 0 radical (unpaired) electrons. The molecule has 2 atom stereocenters. The van der Waals surface area contributed by atoms with Gasteiger partial charge < -0.3 is 20.3 Å². The fourth-order valence-electron chi connectivity index (χ4n) is 3.70. The van der Waals surface area contributed by atoms with E-state index in [1.807, 2.05) is 6.07 Å². The van der Waals surface area contributed by atoms with E-state index in [1.54, 1.807) is 0 Å². The maximum atomic E-state index is 6.18. The average molecular weight is 379 g/mol. The molecule has 2 N–H and O–H groups in total. The first kappa shape index (κ1) is 19.3. The number of aryl methyl sites for hydroxylation is 1. The van der Waals surface area contributed by atoms with Gasteiger partial charge in [-0.15, -0.1) is 0 Å². The molecular weight excluding hydrogens is 348 g/mol. The first-order valence-corrected chi connectivity index (χ1v) is 10.2. The van der Waals surface area contributed by atoms with E-state index >= 15 is 0 Å². The van der Waals surface area contributed by atoms with Gasteiger partial charge in [0.2, 0.25) is 0 Å². The Morgan fingerprint density at radius 3 is 3.00 bits per heavy atom. The number of nitrogens with zero attached hydrogens (tertiary/aromatic N) is 2. The Morgan fingerprint density at radius 2 is 2.23 bits per heavy atom. The minimum atomic E-state index is 0.326. The van der Waals surface area contributed by atoms with Crippen LogP contribution in [-0.4, -0.2) is 51.4 Å². The fourth-order valence-corrected chi connectivity index (χ4v) is 3.87. The summed E-state index contributed by atoms with van der Waals surface area (Å²) in [5.41, 5.74) is 2.54. The van der Waals surface area contributed by atoms with Crippen LogP contribution in [0.5, 0.6) is 0 Å². The number of hydrogen-bond acceptors (Lipinski definition) is 3. The van der Waals surface area contributed by atoms with Gasteiger partial charge in [-0.2, -0.15) is 0 Å². The summed E-state index contributed by atoms with van der Waals surface area (Å²) >= 11 is 6.18.